The van der Waals surface area contributed by atoms with Crippen molar-refractivity contribution in [3.05, 3.63) is 39.4 Å². The molecule has 1 aromatic rings. The smallest absolute Gasteiger partial charge is 0.367 e. The molecule has 7 heteroatoms. The van der Waals surface area contributed by atoms with Gasteiger partial charge in [0.15, 0.2) is 5.75 Å². The number of phenolic OH excluding ortho intramolecular Hbond substituents is 1. The number of nitrogens with zero attached hydrogens (tertiary/aromatic N) is 2. The zero-order chi connectivity index (χ0) is 13.3. The van der Waals surface area contributed by atoms with E-state index in [0.717, 1.165) is 0 Å². The first-order valence-corrected chi connectivity index (χ1v) is 4.94. The van der Waals surface area contributed by atoms with E-state index in [9.17, 15) is 20.0 Å². The molecule has 0 atom stereocenters. The average Bonchev–Trinajstić information content (AvgIpc) is 2.63. The van der Waals surface area contributed by atoms with Gasteiger partial charge in [-0.05, 0) is 24.6 Å². The number of aromatic hydroxyl groups is 1. The van der Waals surface area contributed by atoms with E-state index in [1.165, 1.54) is 24.3 Å². The van der Waals surface area contributed by atoms with E-state index in [-0.39, 0.29) is 5.57 Å². The van der Waals surface area contributed by atoms with Gasteiger partial charge in [-0.3, -0.25) is 10.1 Å². The molecule has 1 heterocycles. The van der Waals surface area contributed by atoms with Crippen LogP contribution in [-0.2, 0) is 9.63 Å². The summed E-state index contributed by atoms with van der Waals surface area (Å²) in [6, 6.07) is 3.81. The van der Waals surface area contributed by atoms with Gasteiger partial charge in [0.2, 0.25) is 0 Å². The van der Waals surface area contributed by atoms with Gasteiger partial charge in [0.1, 0.15) is 0 Å². The van der Waals surface area contributed by atoms with Crippen molar-refractivity contribution in [2.45, 2.75) is 6.92 Å². The Hall–Kier alpha value is -2.70. The van der Waals surface area contributed by atoms with Crippen molar-refractivity contribution in [2.24, 2.45) is 5.16 Å². The number of rotatable bonds is 2. The van der Waals surface area contributed by atoms with Crippen molar-refractivity contribution in [1.29, 1.82) is 0 Å². The molecule has 2 rings (SSSR count). The quantitative estimate of drug-likeness (QED) is 0.370. The molecule has 0 aliphatic carbocycles. The number of oxime groups is 1. The van der Waals surface area contributed by atoms with Gasteiger partial charge in [0.25, 0.3) is 0 Å². The van der Waals surface area contributed by atoms with Crippen molar-refractivity contribution >= 4 is 23.4 Å². The first kappa shape index (κ1) is 11.8. The largest absolute Gasteiger partial charge is 0.502 e. The van der Waals surface area contributed by atoms with Gasteiger partial charge in [-0.1, -0.05) is 11.2 Å². The lowest BCUT2D eigenvalue weighted by Gasteiger charge is -1.98. The third-order valence-corrected chi connectivity index (χ3v) is 2.38. The van der Waals surface area contributed by atoms with Crippen LogP contribution in [0.3, 0.4) is 0 Å². The van der Waals surface area contributed by atoms with Crippen LogP contribution in [0.2, 0.25) is 0 Å². The summed E-state index contributed by atoms with van der Waals surface area (Å²) < 4.78 is 0. The number of nitro groups is 1. The Bertz CT molecular complexity index is 603. The minimum absolute atomic E-state index is 0.231. The highest BCUT2D eigenvalue weighted by Gasteiger charge is 2.22. The van der Waals surface area contributed by atoms with Gasteiger partial charge in [-0.15, -0.1) is 0 Å². The topological polar surface area (TPSA) is 102 Å². The highest BCUT2D eigenvalue weighted by atomic mass is 16.7. The number of hydrogen-bond donors (Lipinski definition) is 1. The molecule has 1 aromatic carbocycles. The van der Waals surface area contributed by atoms with Crippen molar-refractivity contribution in [3.63, 3.8) is 0 Å². The molecule has 7 nitrogen and oxygen atoms in total. The van der Waals surface area contributed by atoms with Crippen LogP contribution in [-0.4, -0.2) is 21.7 Å². The third kappa shape index (κ3) is 2.05. The second kappa shape index (κ2) is 4.28. The molecule has 0 saturated carbocycles. The fraction of sp³-hybridized carbons (Fsp3) is 0.0909. The molecular formula is C11H8N2O5. The summed E-state index contributed by atoms with van der Waals surface area (Å²) in [4.78, 5) is 25.7. The van der Waals surface area contributed by atoms with Gasteiger partial charge in [0.05, 0.1) is 16.2 Å². The zero-order valence-corrected chi connectivity index (χ0v) is 9.28. The lowest BCUT2D eigenvalue weighted by atomic mass is 10.1. The molecule has 0 saturated heterocycles. The Morgan fingerprint density at radius 1 is 1.50 bits per heavy atom. The minimum atomic E-state index is -0.703. The van der Waals surface area contributed by atoms with Crippen LogP contribution in [0.4, 0.5) is 5.69 Å². The van der Waals surface area contributed by atoms with Crippen LogP contribution in [0.25, 0.3) is 6.08 Å². The molecule has 0 bridgehead atoms. The van der Waals surface area contributed by atoms with E-state index < -0.39 is 22.3 Å². The summed E-state index contributed by atoms with van der Waals surface area (Å²) in [7, 11) is 0. The molecule has 0 unspecified atom stereocenters. The molecule has 0 aromatic heterocycles. The first-order valence-electron chi connectivity index (χ1n) is 4.94. The van der Waals surface area contributed by atoms with Crippen molar-refractivity contribution in [2.75, 3.05) is 0 Å². The van der Waals surface area contributed by atoms with Crippen LogP contribution >= 0.6 is 0 Å². The number of phenols is 1. The normalized spacial score (nSPS) is 16.6. The molecule has 0 spiro atoms. The van der Waals surface area contributed by atoms with E-state index in [0.29, 0.717) is 11.3 Å². The second-order valence-electron chi connectivity index (χ2n) is 3.62. The Morgan fingerprint density at radius 2 is 2.22 bits per heavy atom. The van der Waals surface area contributed by atoms with E-state index in [1.54, 1.807) is 6.92 Å². The zero-order valence-electron chi connectivity index (χ0n) is 9.28. The molecule has 0 radical (unpaired) electrons. The highest BCUT2D eigenvalue weighted by Crippen LogP contribution is 2.27. The summed E-state index contributed by atoms with van der Waals surface area (Å²) in [6.45, 7) is 1.59. The van der Waals surface area contributed by atoms with E-state index in [1.807, 2.05) is 0 Å². The number of nitro benzene ring substituents is 1. The Kier molecular flexibility index (Phi) is 2.80. The predicted octanol–water partition coefficient (Wildman–Crippen LogP) is 1.62. The summed E-state index contributed by atoms with van der Waals surface area (Å²) >= 11 is 0. The Morgan fingerprint density at radius 3 is 2.78 bits per heavy atom. The number of carbonyl (C=O) groups excluding carboxylic acids is 1. The molecular weight excluding hydrogens is 240 g/mol. The summed E-state index contributed by atoms with van der Waals surface area (Å²) in [6.07, 6.45) is 1.42. The SMILES string of the molecule is CC1=NOC(=O)/C1=C\c1ccc(O)c([N+](=O)[O-])c1. The van der Waals surface area contributed by atoms with Crippen LogP contribution in [0.1, 0.15) is 12.5 Å². The molecule has 18 heavy (non-hydrogen) atoms. The average molecular weight is 248 g/mol. The van der Waals surface area contributed by atoms with Crippen molar-refractivity contribution < 1.29 is 19.7 Å². The van der Waals surface area contributed by atoms with Crippen LogP contribution in [0.5, 0.6) is 5.75 Å². The van der Waals surface area contributed by atoms with Crippen molar-refractivity contribution in [3.8, 4) is 5.75 Å². The van der Waals surface area contributed by atoms with Crippen molar-refractivity contribution in [1.82, 2.24) is 0 Å². The molecule has 1 N–H and O–H groups in total. The number of benzene rings is 1. The monoisotopic (exact) mass is 248 g/mol. The summed E-state index contributed by atoms with van der Waals surface area (Å²) in [5.74, 6) is -1.04. The Balaban J connectivity index is 2.44. The highest BCUT2D eigenvalue weighted by molar-refractivity contribution is 6.24. The van der Waals surface area contributed by atoms with Crippen LogP contribution < -0.4 is 0 Å². The van der Waals surface area contributed by atoms with E-state index >= 15 is 0 Å². The standard InChI is InChI=1S/C11H8N2O5/c1-6-8(11(15)18-12-6)4-7-2-3-10(14)9(5-7)13(16)17/h2-5,14H,1H3/b8-4-. The number of hydrogen-bond acceptors (Lipinski definition) is 6. The fourth-order valence-electron chi connectivity index (χ4n) is 1.46. The summed E-state index contributed by atoms with van der Waals surface area (Å²) in [5, 5.41) is 23.4. The lowest BCUT2D eigenvalue weighted by Crippen LogP contribution is -2.01. The van der Waals surface area contributed by atoms with E-state index in [4.69, 9.17) is 0 Å². The Labute approximate surface area is 101 Å². The predicted molar refractivity (Wildman–Crippen MR) is 61.9 cm³/mol. The molecule has 0 fully saturated rings. The van der Waals surface area contributed by atoms with Gasteiger partial charge < -0.3 is 9.94 Å². The van der Waals surface area contributed by atoms with Gasteiger partial charge in [-0.2, -0.15) is 0 Å². The maximum atomic E-state index is 11.3. The molecule has 92 valence electrons. The molecule has 1 aliphatic heterocycles. The molecule has 0 amide bonds. The fourth-order valence-corrected chi connectivity index (χ4v) is 1.46. The van der Waals surface area contributed by atoms with Gasteiger partial charge >= 0.3 is 11.7 Å². The van der Waals surface area contributed by atoms with E-state index in [2.05, 4.69) is 9.99 Å². The van der Waals surface area contributed by atoms with Gasteiger partial charge in [0, 0.05) is 6.07 Å². The van der Waals surface area contributed by atoms with Crippen LogP contribution in [0.15, 0.2) is 28.9 Å². The molecule has 1 aliphatic rings. The second-order valence-corrected chi connectivity index (χ2v) is 3.62. The van der Waals surface area contributed by atoms with Crippen LogP contribution in [0, 0.1) is 10.1 Å². The lowest BCUT2D eigenvalue weighted by molar-refractivity contribution is -0.385. The maximum absolute atomic E-state index is 11.3. The third-order valence-electron chi connectivity index (χ3n) is 2.38. The maximum Gasteiger partial charge on any atom is 0.367 e. The summed E-state index contributed by atoms with van der Waals surface area (Å²) in [5.41, 5.74) is 0.610. The minimum Gasteiger partial charge on any atom is -0.502 e. The number of carbonyl (C=O) groups is 1. The first-order chi connectivity index (χ1) is 8.49. The van der Waals surface area contributed by atoms with Gasteiger partial charge in [-0.25, -0.2) is 4.79 Å².